The number of hydrogen-bond acceptors (Lipinski definition) is 3. The van der Waals surface area contributed by atoms with E-state index in [9.17, 15) is 4.79 Å². The van der Waals surface area contributed by atoms with E-state index in [4.69, 9.17) is 6.42 Å². The van der Waals surface area contributed by atoms with Crippen LogP contribution >= 0.6 is 0 Å². The van der Waals surface area contributed by atoms with Gasteiger partial charge < -0.3 is 10.3 Å². The minimum absolute atomic E-state index is 0.0145. The van der Waals surface area contributed by atoms with Crippen molar-refractivity contribution in [3.63, 3.8) is 0 Å². The largest absolute Gasteiger partial charge is 0.386 e. The van der Waals surface area contributed by atoms with Crippen molar-refractivity contribution >= 4 is 11.5 Å². The molecule has 4 nitrogen and oxygen atoms in total. The topological polar surface area (TPSA) is 57.8 Å². The molecule has 2 heterocycles. The molecule has 0 fully saturated rings. The van der Waals surface area contributed by atoms with Gasteiger partial charge in [-0.1, -0.05) is 5.92 Å². The molecule has 0 aliphatic rings. The van der Waals surface area contributed by atoms with Crippen molar-refractivity contribution in [2.75, 3.05) is 12.4 Å². The van der Waals surface area contributed by atoms with E-state index in [1.807, 2.05) is 13.0 Å². The van der Waals surface area contributed by atoms with Crippen molar-refractivity contribution in [3.05, 3.63) is 35.3 Å². The van der Waals surface area contributed by atoms with Crippen LogP contribution in [0.25, 0.3) is 11.3 Å². The Morgan fingerprint density at radius 2 is 2.26 bits per heavy atom. The molecule has 2 rings (SSSR count). The van der Waals surface area contributed by atoms with Gasteiger partial charge in [0.25, 0.3) is 0 Å². The Labute approximate surface area is 112 Å². The SMILES string of the molecule is C#Cc1cnccc1-c1[nH]c(C)c(C(C)=O)c1NC. The molecule has 2 aromatic heterocycles. The van der Waals surface area contributed by atoms with Gasteiger partial charge in [-0.25, -0.2) is 0 Å². The van der Waals surface area contributed by atoms with E-state index in [0.717, 1.165) is 22.6 Å². The molecule has 4 heteroatoms. The lowest BCUT2D eigenvalue weighted by Crippen LogP contribution is -1.99. The molecule has 19 heavy (non-hydrogen) atoms. The lowest BCUT2D eigenvalue weighted by Gasteiger charge is -2.07. The molecule has 0 radical (unpaired) electrons. The van der Waals surface area contributed by atoms with Crippen LogP contribution in [-0.2, 0) is 0 Å². The van der Waals surface area contributed by atoms with Gasteiger partial charge in [0.05, 0.1) is 22.5 Å². The first-order valence-electron chi connectivity index (χ1n) is 5.92. The molecule has 96 valence electrons. The number of aromatic nitrogens is 2. The Morgan fingerprint density at radius 1 is 1.53 bits per heavy atom. The fraction of sp³-hybridized carbons (Fsp3) is 0.200. The third-order valence-corrected chi connectivity index (χ3v) is 3.04. The molecule has 0 atom stereocenters. The van der Waals surface area contributed by atoms with E-state index in [2.05, 4.69) is 21.2 Å². The number of terminal acetylenes is 1. The number of aryl methyl sites for hydroxylation is 1. The molecule has 0 bridgehead atoms. The third-order valence-electron chi connectivity index (χ3n) is 3.04. The number of pyridine rings is 1. The summed E-state index contributed by atoms with van der Waals surface area (Å²) in [7, 11) is 1.79. The first-order valence-corrected chi connectivity index (χ1v) is 5.92. The number of hydrogen-bond donors (Lipinski definition) is 2. The highest BCUT2D eigenvalue weighted by Crippen LogP contribution is 2.34. The van der Waals surface area contributed by atoms with Crippen molar-refractivity contribution in [2.45, 2.75) is 13.8 Å². The monoisotopic (exact) mass is 253 g/mol. The Morgan fingerprint density at radius 3 is 2.84 bits per heavy atom. The highest BCUT2D eigenvalue weighted by atomic mass is 16.1. The lowest BCUT2D eigenvalue weighted by atomic mass is 10.0. The number of carbonyl (C=O) groups excluding carboxylic acids is 1. The fourth-order valence-electron chi connectivity index (χ4n) is 2.24. The number of ketones is 1. The van der Waals surface area contributed by atoms with Gasteiger partial charge in [0.1, 0.15) is 0 Å². The second-order valence-corrected chi connectivity index (χ2v) is 4.25. The van der Waals surface area contributed by atoms with Crippen LogP contribution in [0.3, 0.4) is 0 Å². The Bertz CT molecular complexity index is 677. The van der Waals surface area contributed by atoms with E-state index >= 15 is 0 Å². The second-order valence-electron chi connectivity index (χ2n) is 4.25. The normalized spacial score (nSPS) is 10.0. The van der Waals surface area contributed by atoms with Gasteiger partial charge in [-0.05, 0) is 19.9 Å². The number of nitrogens with zero attached hydrogens (tertiary/aromatic N) is 1. The fourth-order valence-corrected chi connectivity index (χ4v) is 2.24. The summed E-state index contributed by atoms with van der Waals surface area (Å²) in [5.41, 5.74) is 4.63. The molecule has 0 saturated carbocycles. The minimum atomic E-state index is 0.0145. The van der Waals surface area contributed by atoms with Gasteiger partial charge in [0, 0.05) is 30.7 Å². The van der Waals surface area contributed by atoms with Crippen molar-refractivity contribution in [3.8, 4) is 23.6 Å². The number of aromatic amines is 1. The van der Waals surface area contributed by atoms with E-state index in [1.165, 1.54) is 0 Å². The number of nitrogens with one attached hydrogen (secondary N) is 2. The van der Waals surface area contributed by atoms with E-state index in [1.54, 1.807) is 26.4 Å². The van der Waals surface area contributed by atoms with Gasteiger partial charge in [-0.15, -0.1) is 6.42 Å². The summed E-state index contributed by atoms with van der Waals surface area (Å²) in [4.78, 5) is 19.0. The molecule has 0 spiro atoms. The van der Waals surface area contributed by atoms with Gasteiger partial charge in [-0.2, -0.15) is 0 Å². The van der Waals surface area contributed by atoms with Crippen LogP contribution < -0.4 is 5.32 Å². The first kappa shape index (κ1) is 12.9. The molecular formula is C15H15N3O. The predicted octanol–water partition coefficient (Wildman–Crippen LogP) is 2.61. The van der Waals surface area contributed by atoms with Crippen LogP contribution in [0.5, 0.6) is 0 Å². The van der Waals surface area contributed by atoms with E-state index < -0.39 is 0 Å². The summed E-state index contributed by atoms with van der Waals surface area (Å²) in [5.74, 6) is 2.62. The summed E-state index contributed by atoms with van der Waals surface area (Å²) < 4.78 is 0. The summed E-state index contributed by atoms with van der Waals surface area (Å²) in [6, 6.07) is 1.84. The number of anilines is 1. The van der Waals surface area contributed by atoms with Crippen LogP contribution in [0.1, 0.15) is 28.5 Å². The number of rotatable bonds is 3. The third kappa shape index (κ3) is 2.11. The molecule has 0 unspecified atom stereocenters. The zero-order valence-electron chi connectivity index (χ0n) is 11.2. The van der Waals surface area contributed by atoms with Gasteiger partial charge in [0.15, 0.2) is 5.78 Å². The second kappa shape index (κ2) is 4.99. The summed E-state index contributed by atoms with van der Waals surface area (Å²) in [6.07, 6.45) is 8.81. The van der Waals surface area contributed by atoms with Crippen LogP contribution in [-0.4, -0.2) is 22.8 Å². The Kier molecular flexibility index (Phi) is 3.39. The molecule has 2 aromatic rings. The lowest BCUT2D eigenvalue weighted by molar-refractivity contribution is 0.101. The quantitative estimate of drug-likeness (QED) is 0.653. The molecule has 2 N–H and O–H groups in total. The number of carbonyl (C=O) groups is 1. The summed E-state index contributed by atoms with van der Waals surface area (Å²) in [5, 5.41) is 3.08. The minimum Gasteiger partial charge on any atom is -0.386 e. The number of H-pyrrole nitrogens is 1. The molecule has 0 aliphatic carbocycles. The number of Topliss-reactive ketones (excluding diaryl/α,β-unsaturated/α-hetero) is 1. The van der Waals surface area contributed by atoms with E-state index in [0.29, 0.717) is 11.1 Å². The maximum atomic E-state index is 11.7. The summed E-state index contributed by atoms with van der Waals surface area (Å²) >= 11 is 0. The van der Waals surface area contributed by atoms with Gasteiger partial charge in [-0.3, -0.25) is 9.78 Å². The Balaban J connectivity index is 2.74. The zero-order valence-corrected chi connectivity index (χ0v) is 11.2. The van der Waals surface area contributed by atoms with Crippen LogP contribution in [0.4, 0.5) is 5.69 Å². The summed E-state index contributed by atoms with van der Waals surface area (Å²) in [6.45, 7) is 3.42. The first-order chi connectivity index (χ1) is 9.10. The molecule has 0 aliphatic heterocycles. The predicted molar refractivity (Wildman–Crippen MR) is 76.2 cm³/mol. The van der Waals surface area contributed by atoms with Crippen molar-refractivity contribution in [1.82, 2.24) is 9.97 Å². The maximum absolute atomic E-state index is 11.7. The molecule has 0 saturated heterocycles. The standard InChI is InChI=1S/C15H15N3O/c1-5-11-8-17-7-6-12(11)14-15(16-4)13(10(3)19)9(2)18-14/h1,6-8,16,18H,2-4H3. The highest BCUT2D eigenvalue weighted by molar-refractivity contribution is 6.04. The smallest absolute Gasteiger partial charge is 0.163 e. The van der Waals surface area contributed by atoms with E-state index in [-0.39, 0.29) is 5.78 Å². The molecule has 0 aromatic carbocycles. The zero-order chi connectivity index (χ0) is 14.0. The highest BCUT2D eigenvalue weighted by Gasteiger charge is 2.19. The molecular weight excluding hydrogens is 238 g/mol. The van der Waals surface area contributed by atoms with Crippen LogP contribution in [0.2, 0.25) is 0 Å². The average Bonchev–Trinajstić information content (AvgIpc) is 2.75. The van der Waals surface area contributed by atoms with Gasteiger partial charge in [0.2, 0.25) is 0 Å². The maximum Gasteiger partial charge on any atom is 0.163 e. The van der Waals surface area contributed by atoms with Crippen molar-refractivity contribution < 1.29 is 4.79 Å². The van der Waals surface area contributed by atoms with Crippen molar-refractivity contribution in [2.24, 2.45) is 0 Å². The van der Waals surface area contributed by atoms with Gasteiger partial charge >= 0.3 is 0 Å². The van der Waals surface area contributed by atoms with Crippen LogP contribution in [0, 0.1) is 19.3 Å². The van der Waals surface area contributed by atoms with Crippen LogP contribution in [0.15, 0.2) is 18.5 Å². The Hall–Kier alpha value is -2.54. The average molecular weight is 253 g/mol. The molecule has 0 amide bonds. The van der Waals surface area contributed by atoms with Crippen molar-refractivity contribution in [1.29, 1.82) is 0 Å².